The van der Waals surface area contributed by atoms with Gasteiger partial charge < -0.3 is 14.7 Å². The third-order valence-corrected chi connectivity index (χ3v) is 6.46. The number of pyridine rings is 1. The van der Waals surface area contributed by atoms with Crippen LogP contribution in [0.5, 0.6) is 0 Å². The second-order valence-corrected chi connectivity index (χ2v) is 9.13. The third-order valence-electron chi connectivity index (χ3n) is 6.23. The molecule has 28 heavy (non-hydrogen) atoms. The van der Waals surface area contributed by atoms with Crippen LogP contribution in [0.4, 0.5) is 5.69 Å². The lowest BCUT2D eigenvalue weighted by molar-refractivity contribution is -0.130. The van der Waals surface area contributed by atoms with Crippen LogP contribution in [0.25, 0.3) is 10.9 Å². The van der Waals surface area contributed by atoms with Crippen LogP contribution in [0.1, 0.15) is 19.8 Å². The van der Waals surface area contributed by atoms with Crippen molar-refractivity contribution in [3.63, 3.8) is 0 Å². The quantitative estimate of drug-likeness (QED) is 0.769. The van der Waals surface area contributed by atoms with E-state index in [4.69, 9.17) is 11.6 Å². The zero-order valence-electron chi connectivity index (χ0n) is 17.0. The summed E-state index contributed by atoms with van der Waals surface area (Å²) in [6.07, 6.45) is 3.44. The first-order valence-electron chi connectivity index (χ1n) is 10.1. The number of anilines is 1. The molecule has 1 aromatic carbocycles. The van der Waals surface area contributed by atoms with Crippen molar-refractivity contribution in [1.82, 2.24) is 14.8 Å². The molecule has 2 atom stereocenters. The maximum atomic E-state index is 12.5. The number of hydrogen-bond acceptors (Lipinski definition) is 4. The van der Waals surface area contributed by atoms with E-state index in [0.29, 0.717) is 23.3 Å². The zero-order chi connectivity index (χ0) is 19.9. The van der Waals surface area contributed by atoms with Crippen molar-refractivity contribution in [1.29, 1.82) is 0 Å². The highest BCUT2D eigenvalue weighted by molar-refractivity contribution is 6.31. The van der Waals surface area contributed by atoms with Gasteiger partial charge in [0, 0.05) is 72.8 Å². The average molecular weight is 401 g/mol. The molecule has 0 aliphatic carbocycles. The predicted molar refractivity (Wildman–Crippen MR) is 115 cm³/mol. The van der Waals surface area contributed by atoms with Crippen LogP contribution >= 0.6 is 11.6 Å². The van der Waals surface area contributed by atoms with Gasteiger partial charge in [-0.05, 0) is 44.8 Å². The van der Waals surface area contributed by atoms with E-state index in [0.717, 1.165) is 50.0 Å². The van der Waals surface area contributed by atoms with Crippen LogP contribution in [0.3, 0.4) is 0 Å². The molecule has 0 spiro atoms. The Morgan fingerprint density at radius 2 is 2.11 bits per heavy atom. The summed E-state index contributed by atoms with van der Waals surface area (Å²) in [5.41, 5.74) is 2.28. The van der Waals surface area contributed by atoms with Crippen molar-refractivity contribution in [2.24, 2.45) is 11.3 Å². The summed E-state index contributed by atoms with van der Waals surface area (Å²) in [5.74, 6) is 0.803. The van der Waals surface area contributed by atoms with Gasteiger partial charge >= 0.3 is 0 Å². The largest absolute Gasteiger partial charge is 0.370 e. The molecule has 5 nitrogen and oxygen atoms in total. The van der Waals surface area contributed by atoms with Crippen molar-refractivity contribution in [2.45, 2.75) is 19.8 Å². The molecule has 0 N–H and O–H groups in total. The molecule has 0 radical (unpaired) electrons. The fraction of sp³-hybridized carbons (Fsp3) is 0.545. The smallest absolute Gasteiger partial charge is 0.222 e. The van der Waals surface area contributed by atoms with E-state index in [9.17, 15) is 4.79 Å². The summed E-state index contributed by atoms with van der Waals surface area (Å²) < 4.78 is 0. The van der Waals surface area contributed by atoms with Gasteiger partial charge in [-0.1, -0.05) is 18.5 Å². The van der Waals surface area contributed by atoms with Crippen molar-refractivity contribution >= 4 is 34.1 Å². The molecule has 2 fully saturated rings. The van der Waals surface area contributed by atoms with Crippen LogP contribution in [0, 0.1) is 11.3 Å². The second kappa shape index (κ2) is 7.53. The Morgan fingerprint density at radius 3 is 2.86 bits per heavy atom. The van der Waals surface area contributed by atoms with E-state index < -0.39 is 0 Å². The number of carbonyl (C=O) groups is 1. The molecule has 2 aliphatic rings. The molecule has 2 aromatic rings. The number of halogens is 1. The summed E-state index contributed by atoms with van der Waals surface area (Å²) in [6, 6.07) is 8.05. The maximum Gasteiger partial charge on any atom is 0.222 e. The number of nitrogens with zero attached hydrogens (tertiary/aromatic N) is 4. The number of amides is 1. The van der Waals surface area contributed by atoms with Gasteiger partial charge in [0.2, 0.25) is 5.91 Å². The Hall–Kier alpha value is -1.85. The Kier molecular flexibility index (Phi) is 5.23. The molecule has 0 unspecified atom stereocenters. The van der Waals surface area contributed by atoms with Crippen LogP contribution in [0.2, 0.25) is 5.02 Å². The first-order chi connectivity index (χ1) is 13.4. The highest BCUT2D eigenvalue weighted by atomic mass is 35.5. The van der Waals surface area contributed by atoms with Gasteiger partial charge in [0.1, 0.15) is 0 Å². The van der Waals surface area contributed by atoms with Gasteiger partial charge in [-0.25, -0.2) is 0 Å². The Labute approximate surface area is 172 Å². The first-order valence-corrected chi connectivity index (χ1v) is 10.5. The lowest BCUT2D eigenvalue weighted by Crippen LogP contribution is -2.43. The van der Waals surface area contributed by atoms with E-state index in [2.05, 4.69) is 52.8 Å². The number of aromatic nitrogens is 1. The van der Waals surface area contributed by atoms with E-state index in [-0.39, 0.29) is 5.41 Å². The zero-order valence-corrected chi connectivity index (χ0v) is 17.7. The number of fused-ring (bicyclic) bond motifs is 2. The van der Waals surface area contributed by atoms with Gasteiger partial charge in [-0.2, -0.15) is 0 Å². The second-order valence-electron chi connectivity index (χ2n) is 8.69. The van der Waals surface area contributed by atoms with Crippen LogP contribution in [0.15, 0.2) is 30.5 Å². The van der Waals surface area contributed by atoms with E-state index >= 15 is 0 Å². The fourth-order valence-electron chi connectivity index (χ4n) is 5.16. The minimum absolute atomic E-state index is 0.120. The molecular formula is C22H29ClN4O. The lowest BCUT2D eigenvalue weighted by Gasteiger charge is -2.32. The summed E-state index contributed by atoms with van der Waals surface area (Å²) >= 11 is 6.16. The normalized spacial score (nSPS) is 24.4. The third kappa shape index (κ3) is 3.46. The maximum absolute atomic E-state index is 12.5. The molecule has 1 aromatic heterocycles. The van der Waals surface area contributed by atoms with Crippen molar-refractivity contribution in [2.75, 3.05) is 51.7 Å². The minimum Gasteiger partial charge on any atom is -0.370 e. The molecular weight excluding hydrogens is 372 g/mol. The lowest BCUT2D eigenvalue weighted by atomic mass is 9.80. The Morgan fingerprint density at radius 1 is 1.29 bits per heavy atom. The van der Waals surface area contributed by atoms with Gasteiger partial charge in [0.25, 0.3) is 0 Å². The van der Waals surface area contributed by atoms with Crippen molar-refractivity contribution in [3.05, 3.63) is 35.5 Å². The standard InChI is InChI=1S/C22H29ClN4O/c1-4-5-21(28)27-12-16-11-26(14-22(16,15-27)13-25(2)3)20-8-9-24-19-10-17(23)6-7-18(19)20/h6-10,16H,4-5,11-15H2,1-3H3/t16-,22+/m0/s1. The van der Waals surface area contributed by atoms with Crippen molar-refractivity contribution in [3.8, 4) is 0 Å². The SMILES string of the molecule is CCCC(=O)N1C[C@@H]2CN(c3ccnc4cc(Cl)ccc34)C[C@]2(CN(C)C)C1. The van der Waals surface area contributed by atoms with E-state index in [1.165, 1.54) is 5.69 Å². The molecule has 1 amide bonds. The Bertz CT molecular complexity index is 886. The molecule has 2 aliphatic heterocycles. The minimum atomic E-state index is 0.120. The predicted octanol–water partition coefficient (Wildman–Crippen LogP) is 3.51. The number of benzene rings is 1. The van der Waals surface area contributed by atoms with Gasteiger partial charge in [0.15, 0.2) is 0 Å². The molecule has 6 heteroatoms. The van der Waals surface area contributed by atoms with Crippen LogP contribution < -0.4 is 4.90 Å². The summed E-state index contributed by atoms with van der Waals surface area (Å²) in [4.78, 5) is 23.9. The topological polar surface area (TPSA) is 39.7 Å². The van der Waals surface area contributed by atoms with Crippen LogP contribution in [-0.4, -0.2) is 67.5 Å². The number of hydrogen-bond donors (Lipinski definition) is 0. The molecule has 3 heterocycles. The molecule has 0 bridgehead atoms. The summed E-state index contributed by atoms with van der Waals surface area (Å²) in [6.45, 7) is 6.75. The summed E-state index contributed by atoms with van der Waals surface area (Å²) in [5, 5.41) is 1.86. The van der Waals surface area contributed by atoms with Gasteiger partial charge in [0.05, 0.1) is 5.52 Å². The number of carbonyl (C=O) groups excluding carboxylic acids is 1. The monoisotopic (exact) mass is 400 g/mol. The number of rotatable bonds is 5. The highest BCUT2D eigenvalue weighted by Crippen LogP contribution is 2.45. The first kappa shape index (κ1) is 19.5. The van der Waals surface area contributed by atoms with Crippen LogP contribution in [-0.2, 0) is 4.79 Å². The average Bonchev–Trinajstić information content (AvgIpc) is 3.14. The highest BCUT2D eigenvalue weighted by Gasteiger charge is 2.53. The molecule has 2 saturated heterocycles. The molecule has 4 rings (SSSR count). The van der Waals surface area contributed by atoms with Gasteiger partial charge in [-0.15, -0.1) is 0 Å². The van der Waals surface area contributed by atoms with Gasteiger partial charge in [-0.3, -0.25) is 9.78 Å². The summed E-state index contributed by atoms with van der Waals surface area (Å²) in [7, 11) is 4.27. The van der Waals surface area contributed by atoms with E-state index in [1.54, 1.807) is 0 Å². The van der Waals surface area contributed by atoms with E-state index in [1.807, 2.05) is 18.3 Å². The number of likely N-dealkylation sites (tertiary alicyclic amines) is 1. The van der Waals surface area contributed by atoms with Crippen molar-refractivity contribution < 1.29 is 4.79 Å². The molecule has 0 saturated carbocycles. The fourth-order valence-corrected chi connectivity index (χ4v) is 5.33. The molecule has 150 valence electrons. The Balaban J connectivity index is 1.63.